The van der Waals surface area contributed by atoms with Crippen LogP contribution in [0.4, 0.5) is 11.4 Å². The second kappa shape index (κ2) is 9.09. The number of nitrogens with one attached hydrogen (secondary N) is 3. The third kappa shape index (κ3) is 5.48. The van der Waals surface area contributed by atoms with E-state index in [4.69, 9.17) is 23.2 Å². The zero-order valence-corrected chi connectivity index (χ0v) is 17.0. The fourth-order valence-corrected chi connectivity index (χ4v) is 3.15. The summed E-state index contributed by atoms with van der Waals surface area (Å²) in [5.41, 5.74) is 2.08. The van der Waals surface area contributed by atoms with E-state index in [1.807, 2.05) is 12.1 Å². The van der Waals surface area contributed by atoms with Gasteiger partial charge in [-0.2, -0.15) is 0 Å². The van der Waals surface area contributed by atoms with Crippen molar-refractivity contribution in [2.24, 2.45) is 0 Å². The van der Waals surface area contributed by atoms with Gasteiger partial charge < -0.3 is 10.6 Å². The summed E-state index contributed by atoms with van der Waals surface area (Å²) in [5.74, 6) is 0.361. The first-order valence-electron chi connectivity index (χ1n) is 8.09. The molecular formula is C18H15Cl2N5O2S. The number of thioether (sulfide) groups is 1. The summed E-state index contributed by atoms with van der Waals surface area (Å²) in [6.45, 7) is 1.45. The van der Waals surface area contributed by atoms with E-state index >= 15 is 0 Å². The molecule has 0 unspecified atom stereocenters. The van der Waals surface area contributed by atoms with Gasteiger partial charge in [-0.3, -0.25) is 14.7 Å². The molecule has 7 nitrogen and oxygen atoms in total. The molecule has 0 atom stereocenters. The van der Waals surface area contributed by atoms with Gasteiger partial charge >= 0.3 is 0 Å². The Bertz CT molecular complexity index is 1010. The van der Waals surface area contributed by atoms with Gasteiger partial charge in [0.05, 0.1) is 15.8 Å². The lowest BCUT2D eigenvalue weighted by molar-refractivity contribution is -0.114. The molecule has 0 spiro atoms. The number of anilines is 2. The maximum atomic E-state index is 12.1. The summed E-state index contributed by atoms with van der Waals surface area (Å²) in [6, 6.07) is 12.1. The smallest absolute Gasteiger partial charge is 0.234 e. The van der Waals surface area contributed by atoms with Crippen LogP contribution in [0.15, 0.2) is 47.6 Å². The summed E-state index contributed by atoms with van der Waals surface area (Å²) in [6.07, 6.45) is 0. The average Bonchev–Trinajstić information content (AvgIpc) is 3.12. The number of hydrogen-bond donors (Lipinski definition) is 3. The molecule has 0 saturated carbocycles. The molecule has 3 aromatic rings. The highest BCUT2D eigenvalue weighted by molar-refractivity contribution is 7.99. The van der Waals surface area contributed by atoms with E-state index in [2.05, 4.69) is 25.8 Å². The predicted molar refractivity (Wildman–Crippen MR) is 112 cm³/mol. The Morgan fingerprint density at radius 3 is 2.43 bits per heavy atom. The second-order valence-electron chi connectivity index (χ2n) is 5.69. The van der Waals surface area contributed by atoms with E-state index in [-0.39, 0.29) is 17.6 Å². The van der Waals surface area contributed by atoms with Crippen LogP contribution in [0, 0.1) is 0 Å². The van der Waals surface area contributed by atoms with Crippen LogP contribution in [-0.2, 0) is 9.59 Å². The molecule has 2 aromatic carbocycles. The topological polar surface area (TPSA) is 99.8 Å². The van der Waals surface area contributed by atoms with Crippen molar-refractivity contribution >= 4 is 58.2 Å². The van der Waals surface area contributed by atoms with Gasteiger partial charge in [-0.15, -0.1) is 5.10 Å². The number of aromatic nitrogens is 3. The van der Waals surface area contributed by atoms with E-state index in [0.717, 1.165) is 5.56 Å². The number of aromatic amines is 1. The summed E-state index contributed by atoms with van der Waals surface area (Å²) in [4.78, 5) is 27.5. The average molecular weight is 436 g/mol. The molecule has 28 heavy (non-hydrogen) atoms. The van der Waals surface area contributed by atoms with Crippen LogP contribution < -0.4 is 10.6 Å². The molecular weight excluding hydrogens is 421 g/mol. The molecule has 0 fully saturated rings. The number of halogens is 2. The zero-order chi connectivity index (χ0) is 20.1. The summed E-state index contributed by atoms with van der Waals surface area (Å²) in [7, 11) is 0. The molecule has 1 aromatic heterocycles. The number of benzene rings is 2. The fraction of sp³-hybridized carbons (Fsp3) is 0.111. The van der Waals surface area contributed by atoms with Gasteiger partial charge in [0.2, 0.25) is 17.0 Å². The third-order valence-electron chi connectivity index (χ3n) is 3.48. The van der Waals surface area contributed by atoms with Gasteiger partial charge in [-0.1, -0.05) is 35.0 Å². The predicted octanol–water partition coefficient (Wildman–Crippen LogP) is 4.47. The number of carbonyl (C=O) groups is 2. The summed E-state index contributed by atoms with van der Waals surface area (Å²) in [5, 5.41) is 13.6. The van der Waals surface area contributed by atoms with Crippen molar-refractivity contribution in [1.29, 1.82) is 0 Å². The van der Waals surface area contributed by atoms with Crippen LogP contribution in [0.5, 0.6) is 0 Å². The standard InChI is InChI=1S/C18H15Cl2N5O2S/c1-10(26)21-12-4-2-11(3-5-12)17-23-18(25-24-17)28-9-16(27)22-13-6-7-14(19)15(20)8-13/h2-8H,9H2,1H3,(H,21,26)(H,22,27)(H,23,24,25). The molecule has 3 N–H and O–H groups in total. The Kier molecular flexibility index (Phi) is 6.56. The molecule has 0 saturated heterocycles. The Labute approximate surface area is 175 Å². The van der Waals surface area contributed by atoms with Crippen LogP contribution in [0.1, 0.15) is 6.92 Å². The van der Waals surface area contributed by atoms with Gasteiger partial charge in [-0.25, -0.2) is 4.98 Å². The highest BCUT2D eigenvalue weighted by Gasteiger charge is 2.10. The quantitative estimate of drug-likeness (QED) is 0.496. The largest absolute Gasteiger partial charge is 0.326 e. The second-order valence-corrected chi connectivity index (χ2v) is 7.45. The maximum absolute atomic E-state index is 12.1. The zero-order valence-electron chi connectivity index (χ0n) is 14.6. The first kappa shape index (κ1) is 20.2. The van der Waals surface area contributed by atoms with Crippen LogP contribution in [0.2, 0.25) is 10.0 Å². The van der Waals surface area contributed by atoms with Gasteiger partial charge in [0.1, 0.15) is 0 Å². The number of hydrogen-bond acceptors (Lipinski definition) is 5. The lowest BCUT2D eigenvalue weighted by atomic mass is 10.2. The van der Waals surface area contributed by atoms with Crippen molar-refractivity contribution < 1.29 is 9.59 Å². The Balaban J connectivity index is 1.56. The highest BCUT2D eigenvalue weighted by Crippen LogP contribution is 2.25. The molecule has 0 radical (unpaired) electrons. The van der Waals surface area contributed by atoms with Crippen LogP contribution in [0.3, 0.4) is 0 Å². The lowest BCUT2D eigenvalue weighted by Gasteiger charge is -2.05. The van der Waals surface area contributed by atoms with Crippen molar-refractivity contribution in [3.63, 3.8) is 0 Å². The van der Waals surface area contributed by atoms with Gasteiger partial charge in [-0.05, 0) is 42.5 Å². The Hall–Kier alpha value is -2.55. The normalized spacial score (nSPS) is 10.5. The highest BCUT2D eigenvalue weighted by atomic mass is 35.5. The SMILES string of the molecule is CC(=O)Nc1ccc(-c2nc(SCC(=O)Nc3ccc(Cl)c(Cl)c3)n[nH]2)cc1. The molecule has 0 aliphatic carbocycles. The fourth-order valence-electron chi connectivity index (χ4n) is 2.26. The van der Waals surface area contributed by atoms with E-state index in [9.17, 15) is 9.59 Å². The number of rotatable bonds is 6. The molecule has 144 valence electrons. The molecule has 10 heteroatoms. The van der Waals surface area contributed by atoms with Crippen molar-refractivity contribution in [2.45, 2.75) is 12.1 Å². The molecule has 0 bridgehead atoms. The number of nitrogens with zero attached hydrogens (tertiary/aromatic N) is 2. The van der Waals surface area contributed by atoms with E-state index < -0.39 is 0 Å². The van der Waals surface area contributed by atoms with E-state index in [1.165, 1.54) is 18.7 Å². The third-order valence-corrected chi connectivity index (χ3v) is 5.07. The van der Waals surface area contributed by atoms with E-state index in [0.29, 0.717) is 32.4 Å². The molecule has 1 heterocycles. The minimum atomic E-state index is -0.214. The molecule has 3 rings (SSSR count). The minimum absolute atomic E-state index is 0.134. The van der Waals surface area contributed by atoms with Crippen LogP contribution in [0.25, 0.3) is 11.4 Å². The Morgan fingerprint density at radius 1 is 1.04 bits per heavy atom. The van der Waals surface area contributed by atoms with E-state index in [1.54, 1.807) is 30.3 Å². The first-order chi connectivity index (χ1) is 13.4. The minimum Gasteiger partial charge on any atom is -0.326 e. The van der Waals surface area contributed by atoms with Crippen molar-refractivity contribution in [3.05, 3.63) is 52.5 Å². The maximum Gasteiger partial charge on any atom is 0.234 e. The first-order valence-corrected chi connectivity index (χ1v) is 9.83. The molecule has 0 aliphatic rings. The lowest BCUT2D eigenvalue weighted by Crippen LogP contribution is -2.14. The number of amides is 2. The summed E-state index contributed by atoms with van der Waals surface area (Å²) >= 11 is 13.0. The molecule has 2 amide bonds. The van der Waals surface area contributed by atoms with Crippen LogP contribution >= 0.6 is 35.0 Å². The van der Waals surface area contributed by atoms with Gasteiger partial charge in [0, 0.05) is 23.9 Å². The summed E-state index contributed by atoms with van der Waals surface area (Å²) < 4.78 is 0. The monoisotopic (exact) mass is 435 g/mol. The van der Waals surface area contributed by atoms with Gasteiger partial charge in [0.15, 0.2) is 5.82 Å². The van der Waals surface area contributed by atoms with Crippen LogP contribution in [-0.4, -0.2) is 32.7 Å². The Morgan fingerprint density at radius 2 is 1.75 bits per heavy atom. The number of carbonyl (C=O) groups excluding carboxylic acids is 2. The van der Waals surface area contributed by atoms with Crippen molar-refractivity contribution in [1.82, 2.24) is 15.2 Å². The molecule has 0 aliphatic heterocycles. The van der Waals surface area contributed by atoms with Crippen molar-refractivity contribution in [2.75, 3.05) is 16.4 Å². The number of H-pyrrole nitrogens is 1. The van der Waals surface area contributed by atoms with Gasteiger partial charge in [0.25, 0.3) is 0 Å². The van der Waals surface area contributed by atoms with Crippen molar-refractivity contribution in [3.8, 4) is 11.4 Å².